The van der Waals surface area contributed by atoms with Crippen molar-refractivity contribution in [2.24, 2.45) is 0 Å². The van der Waals surface area contributed by atoms with Crippen molar-refractivity contribution < 1.29 is 14.3 Å². The Balaban J connectivity index is 1.74. The van der Waals surface area contributed by atoms with E-state index < -0.39 is 0 Å². The van der Waals surface area contributed by atoms with Crippen LogP contribution < -0.4 is 5.32 Å². The number of nitriles is 1. The molecule has 0 radical (unpaired) electrons. The van der Waals surface area contributed by atoms with Crippen LogP contribution in [-0.2, 0) is 27.2 Å². The van der Waals surface area contributed by atoms with Crippen molar-refractivity contribution in [2.75, 3.05) is 5.32 Å². The Kier molecular flexibility index (Phi) is 5.44. The van der Waals surface area contributed by atoms with Crippen molar-refractivity contribution in [3.05, 3.63) is 52.2 Å². The summed E-state index contributed by atoms with van der Waals surface area (Å²) in [5, 5.41) is 12.8. The summed E-state index contributed by atoms with van der Waals surface area (Å²) in [5.74, 6) is -0.606. The molecule has 2 aromatic heterocycles. The maximum atomic E-state index is 12.2. The van der Waals surface area contributed by atoms with E-state index >= 15 is 0 Å². The number of pyridine rings is 1. The molecule has 0 fully saturated rings. The predicted octanol–water partition coefficient (Wildman–Crippen LogP) is 3.09. The van der Waals surface area contributed by atoms with Gasteiger partial charge in [-0.3, -0.25) is 14.6 Å². The number of fused-ring (bicyclic) bond motifs is 1. The number of carbonyl (C=O) groups is 2. The Morgan fingerprint density at radius 3 is 3.04 bits per heavy atom. The zero-order valence-electron chi connectivity index (χ0n) is 14.2. The Morgan fingerprint density at radius 1 is 1.50 bits per heavy atom. The highest BCUT2D eigenvalue weighted by molar-refractivity contribution is 7.16. The van der Waals surface area contributed by atoms with Gasteiger partial charge in [-0.25, -0.2) is 0 Å². The molecule has 3 rings (SSSR count). The first-order valence-corrected chi connectivity index (χ1v) is 8.99. The molecule has 1 aliphatic carbocycles. The summed E-state index contributed by atoms with van der Waals surface area (Å²) in [5.41, 5.74) is 2.28. The first kappa shape index (κ1) is 17.8. The van der Waals surface area contributed by atoms with Gasteiger partial charge in [-0.1, -0.05) is 6.07 Å². The van der Waals surface area contributed by atoms with E-state index in [1.165, 1.54) is 24.3 Å². The van der Waals surface area contributed by atoms with Crippen molar-refractivity contribution in [1.29, 1.82) is 5.26 Å². The SMILES string of the molecule is CC(=O)OC1CCc2c(sc(NC(=O)C=Cc3cccnc3)c2C#N)C1. The monoisotopic (exact) mass is 367 g/mol. The molecule has 1 aliphatic rings. The quantitative estimate of drug-likeness (QED) is 0.662. The van der Waals surface area contributed by atoms with Gasteiger partial charge in [0, 0.05) is 36.7 Å². The molecule has 0 aromatic carbocycles. The van der Waals surface area contributed by atoms with Gasteiger partial charge in [0.25, 0.3) is 0 Å². The highest BCUT2D eigenvalue weighted by atomic mass is 32.1. The van der Waals surface area contributed by atoms with Crippen LogP contribution >= 0.6 is 11.3 Å². The largest absolute Gasteiger partial charge is 0.462 e. The van der Waals surface area contributed by atoms with E-state index in [4.69, 9.17) is 4.74 Å². The van der Waals surface area contributed by atoms with Crippen LogP contribution in [0.3, 0.4) is 0 Å². The third-order valence-electron chi connectivity index (χ3n) is 4.01. The van der Waals surface area contributed by atoms with E-state index in [1.807, 2.05) is 6.07 Å². The minimum absolute atomic E-state index is 0.167. The number of carbonyl (C=O) groups excluding carboxylic acids is 2. The van der Waals surface area contributed by atoms with E-state index in [2.05, 4.69) is 16.4 Å². The molecule has 1 N–H and O–H groups in total. The van der Waals surface area contributed by atoms with Gasteiger partial charge in [-0.2, -0.15) is 5.26 Å². The lowest BCUT2D eigenvalue weighted by Gasteiger charge is -2.21. The maximum absolute atomic E-state index is 12.2. The number of hydrogen-bond donors (Lipinski definition) is 1. The molecular formula is C19H17N3O3S. The van der Waals surface area contributed by atoms with Crippen molar-refractivity contribution in [1.82, 2.24) is 4.98 Å². The number of nitrogens with zero attached hydrogens (tertiary/aromatic N) is 2. The second-order valence-corrected chi connectivity index (χ2v) is 7.01. The molecule has 1 unspecified atom stereocenters. The molecule has 1 atom stereocenters. The van der Waals surface area contributed by atoms with E-state index in [9.17, 15) is 14.9 Å². The minimum Gasteiger partial charge on any atom is -0.462 e. The fraction of sp³-hybridized carbons (Fsp3) is 0.263. The standard InChI is InChI=1S/C19H17N3O3S/c1-12(23)25-14-5-6-15-16(10-20)19(26-17(15)9-14)22-18(24)7-4-13-3-2-8-21-11-13/h2-4,7-8,11,14H,5-6,9H2,1H3,(H,22,24). The number of ether oxygens (including phenoxy) is 1. The van der Waals surface area contributed by atoms with Gasteiger partial charge in [-0.05, 0) is 36.1 Å². The lowest BCUT2D eigenvalue weighted by atomic mass is 9.94. The van der Waals surface area contributed by atoms with Crippen LogP contribution in [0.5, 0.6) is 0 Å². The number of hydrogen-bond acceptors (Lipinski definition) is 6. The van der Waals surface area contributed by atoms with E-state index in [-0.39, 0.29) is 18.0 Å². The summed E-state index contributed by atoms with van der Waals surface area (Å²) in [6.45, 7) is 1.39. The summed E-state index contributed by atoms with van der Waals surface area (Å²) >= 11 is 1.38. The Labute approximate surface area is 155 Å². The van der Waals surface area contributed by atoms with Crippen LogP contribution in [0, 0.1) is 11.3 Å². The third-order valence-corrected chi connectivity index (χ3v) is 5.18. The number of nitrogens with one attached hydrogen (secondary N) is 1. The first-order valence-electron chi connectivity index (χ1n) is 8.17. The van der Waals surface area contributed by atoms with Crippen LogP contribution in [-0.4, -0.2) is 23.0 Å². The van der Waals surface area contributed by atoms with Crippen LogP contribution in [0.4, 0.5) is 5.00 Å². The van der Waals surface area contributed by atoms with Crippen LogP contribution in [0.1, 0.15) is 34.9 Å². The average Bonchev–Trinajstić information content (AvgIpc) is 2.96. The highest BCUT2D eigenvalue weighted by Gasteiger charge is 2.27. The topological polar surface area (TPSA) is 92.1 Å². The molecule has 0 bridgehead atoms. The summed E-state index contributed by atoms with van der Waals surface area (Å²) in [6, 6.07) is 5.83. The van der Waals surface area contributed by atoms with Crippen LogP contribution in [0.25, 0.3) is 6.08 Å². The molecule has 0 spiro atoms. The van der Waals surface area contributed by atoms with Gasteiger partial charge >= 0.3 is 5.97 Å². The van der Waals surface area contributed by atoms with Gasteiger partial charge in [-0.15, -0.1) is 11.3 Å². The lowest BCUT2D eigenvalue weighted by Crippen LogP contribution is -2.23. The van der Waals surface area contributed by atoms with Crippen molar-refractivity contribution >= 4 is 34.3 Å². The second kappa shape index (κ2) is 7.93. The van der Waals surface area contributed by atoms with E-state index in [0.717, 1.165) is 16.0 Å². The van der Waals surface area contributed by atoms with Gasteiger partial charge in [0.05, 0.1) is 5.56 Å². The van der Waals surface area contributed by atoms with Crippen molar-refractivity contribution in [2.45, 2.75) is 32.3 Å². The maximum Gasteiger partial charge on any atom is 0.302 e. The van der Waals surface area contributed by atoms with Gasteiger partial charge in [0.15, 0.2) is 0 Å². The summed E-state index contributed by atoms with van der Waals surface area (Å²) in [6.07, 6.45) is 8.16. The molecule has 6 nitrogen and oxygen atoms in total. The first-order chi connectivity index (χ1) is 12.6. The molecule has 0 saturated carbocycles. The Bertz CT molecular complexity index is 897. The number of esters is 1. The fourth-order valence-electron chi connectivity index (χ4n) is 2.90. The number of anilines is 1. The minimum atomic E-state index is -0.305. The number of amides is 1. The average molecular weight is 367 g/mol. The molecule has 7 heteroatoms. The third kappa shape index (κ3) is 4.16. The Hall–Kier alpha value is -2.98. The zero-order valence-corrected chi connectivity index (χ0v) is 15.0. The summed E-state index contributed by atoms with van der Waals surface area (Å²) in [4.78, 5) is 28.3. The molecule has 0 aliphatic heterocycles. The lowest BCUT2D eigenvalue weighted by molar-refractivity contribution is -0.146. The number of aromatic nitrogens is 1. The van der Waals surface area contributed by atoms with E-state index in [1.54, 1.807) is 24.5 Å². The number of thiophene rings is 1. The smallest absolute Gasteiger partial charge is 0.302 e. The Morgan fingerprint density at radius 2 is 2.35 bits per heavy atom. The predicted molar refractivity (Wildman–Crippen MR) is 98.5 cm³/mol. The van der Waals surface area contributed by atoms with Crippen molar-refractivity contribution in [3.63, 3.8) is 0 Å². The fourth-order valence-corrected chi connectivity index (χ4v) is 4.16. The molecular weight excluding hydrogens is 350 g/mol. The highest BCUT2D eigenvalue weighted by Crippen LogP contribution is 2.38. The molecule has 0 saturated heterocycles. The molecule has 132 valence electrons. The van der Waals surface area contributed by atoms with Crippen LogP contribution in [0.15, 0.2) is 30.6 Å². The van der Waals surface area contributed by atoms with Gasteiger partial charge in [0.1, 0.15) is 17.2 Å². The summed E-state index contributed by atoms with van der Waals surface area (Å²) < 4.78 is 5.28. The second-order valence-electron chi connectivity index (χ2n) is 5.90. The van der Waals surface area contributed by atoms with Gasteiger partial charge < -0.3 is 10.1 Å². The van der Waals surface area contributed by atoms with Gasteiger partial charge in [0.2, 0.25) is 5.91 Å². The molecule has 2 aromatic rings. The molecule has 26 heavy (non-hydrogen) atoms. The number of rotatable bonds is 4. The van der Waals surface area contributed by atoms with Crippen LogP contribution in [0.2, 0.25) is 0 Å². The van der Waals surface area contributed by atoms with Crippen molar-refractivity contribution in [3.8, 4) is 6.07 Å². The molecule has 2 heterocycles. The normalized spacial score (nSPS) is 15.9. The summed E-state index contributed by atoms with van der Waals surface area (Å²) in [7, 11) is 0. The van der Waals surface area contributed by atoms with E-state index in [0.29, 0.717) is 29.8 Å². The molecule has 1 amide bonds. The zero-order chi connectivity index (χ0) is 18.5.